The van der Waals surface area contributed by atoms with Crippen molar-refractivity contribution >= 4 is 34.2 Å². The Hall–Kier alpha value is -2.56. The molecule has 25 heavy (non-hydrogen) atoms. The largest absolute Gasteiger partial charge is 0.328 e. The van der Waals surface area contributed by atoms with Gasteiger partial charge in [0.1, 0.15) is 5.82 Å². The molecule has 124 valence electrons. The Morgan fingerprint density at radius 1 is 1.04 bits per heavy atom. The maximum Gasteiger partial charge on any atom is 0.247 e. The van der Waals surface area contributed by atoms with Gasteiger partial charge in [-0.2, -0.15) is 0 Å². The summed E-state index contributed by atoms with van der Waals surface area (Å²) in [7, 11) is 0. The second-order valence-corrected chi connectivity index (χ2v) is 6.53. The van der Waals surface area contributed by atoms with E-state index in [9.17, 15) is 4.79 Å². The van der Waals surface area contributed by atoms with Gasteiger partial charge in [-0.1, -0.05) is 41.4 Å². The summed E-state index contributed by atoms with van der Waals surface area (Å²) in [6.45, 7) is 0.547. The Morgan fingerprint density at radius 3 is 2.64 bits per heavy atom. The van der Waals surface area contributed by atoms with Crippen molar-refractivity contribution in [2.45, 2.75) is 6.54 Å². The Kier molecular flexibility index (Phi) is 4.07. The topological polar surface area (TPSA) is 50.7 Å². The van der Waals surface area contributed by atoms with Crippen molar-refractivity contribution in [1.29, 1.82) is 0 Å². The van der Waals surface area contributed by atoms with Gasteiger partial charge in [-0.25, -0.2) is 4.98 Å². The molecule has 0 unspecified atom stereocenters. The van der Waals surface area contributed by atoms with Crippen LogP contribution in [-0.2, 0) is 6.54 Å². The van der Waals surface area contributed by atoms with E-state index in [2.05, 4.69) is 9.55 Å². The van der Waals surface area contributed by atoms with E-state index >= 15 is 0 Å². The van der Waals surface area contributed by atoms with Crippen LogP contribution >= 0.6 is 23.2 Å². The molecular weight excluding hydrogens is 357 g/mol. The van der Waals surface area contributed by atoms with Gasteiger partial charge in [0.05, 0.1) is 17.6 Å². The zero-order valence-corrected chi connectivity index (χ0v) is 14.6. The minimum atomic E-state index is -0.146. The van der Waals surface area contributed by atoms with E-state index in [1.807, 2.05) is 36.4 Å². The number of pyridine rings is 1. The lowest BCUT2D eigenvalue weighted by Gasteiger charge is -2.11. The summed E-state index contributed by atoms with van der Waals surface area (Å²) in [5.74, 6) is 0.767. The van der Waals surface area contributed by atoms with Gasteiger partial charge in [0.15, 0.2) is 0 Å². The van der Waals surface area contributed by atoms with Crippen LogP contribution in [-0.4, -0.2) is 14.5 Å². The van der Waals surface area contributed by atoms with Crippen LogP contribution in [0.15, 0.2) is 65.6 Å². The zero-order chi connectivity index (χ0) is 17.4. The van der Waals surface area contributed by atoms with Crippen LogP contribution in [0.3, 0.4) is 0 Å². The molecule has 0 aliphatic carbocycles. The van der Waals surface area contributed by atoms with Crippen LogP contribution in [0.5, 0.6) is 0 Å². The van der Waals surface area contributed by atoms with Crippen LogP contribution in [0, 0.1) is 0 Å². The summed E-state index contributed by atoms with van der Waals surface area (Å²) in [5.41, 5.74) is 3.51. The quantitative estimate of drug-likeness (QED) is 0.566. The Balaban J connectivity index is 1.90. The minimum absolute atomic E-state index is 0.146. The SMILES string of the molecule is O=c1ccc(-c2nc3ccccc3n2Cc2ccc(Cl)cc2Cl)c[nH]1. The second kappa shape index (κ2) is 6.39. The highest BCUT2D eigenvalue weighted by molar-refractivity contribution is 6.35. The van der Waals surface area contributed by atoms with Crippen LogP contribution < -0.4 is 5.56 Å². The predicted molar refractivity (Wildman–Crippen MR) is 101 cm³/mol. The summed E-state index contributed by atoms with van der Waals surface area (Å²) < 4.78 is 2.08. The van der Waals surface area contributed by atoms with Gasteiger partial charge < -0.3 is 9.55 Å². The lowest BCUT2D eigenvalue weighted by molar-refractivity contribution is 0.834. The molecule has 0 spiro atoms. The van der Waals surface area contributed by atoms with Crippen LogP contribution in [0.4, 0.5) is 0 Å². The summed E-state index contributed by atoms with van der Waals surface area (Å²) in [4.78, 5) is 18.8. The lowest BCUT2D eigenvalue weighted by Crippen LogP contribution is -2.06. The molecule has 1 N–H and O–H groups in total. The van der Waals surface area contributed by atoms with E-state index in [0.717, 1.165) is 28.0 Å². The van der Waals surface area contributed by atoms with Gasteiger partial charge in [-0.15, -0.1) is 0 Å². The summed E-state index contributed by atoms with van der Waals surface area (Å²) in [5, 5.41) is 1.21. The summed E-state index contributed by atoms with van der Waals surface area (Å²) >= 11 is 12.3. The average Bonchev–Trinajstić information content (AvgIpc) is 2.97. The van der Waals surface area contributed by atoms with Crippen LogP contribution in [0.2, 0.25) is 10.0 Å². The van der Waals surface area contributed by atoms with E-state index in [1.165, 1.54) is 6.07 Å². The Morgan fingerprint density at radius 2 is 1.88 bits per heavy atom. The first-order chi connectivity index (χ1) is 12.1. The smallest absolute Gasteiger partial charge is 0.247 e. The number of nitrogens with one attached hydrogen (secondary N) is 1. The predicted octanol–water partition coefficient (Wildman–Crippen LogP) is 4.75. The maximum absolute atomic E-state index is 11.4. The van der Waals surface area contributed by atoms with Crippen LogP contribution in [0.1, 0.15) is 5.56 Å². The van der Waals surface area contributed by atoms with E-state index in [0.29, 0.717) is 16.6 Å². The lowest BCUT2D eigenvalue weighted by atomic mass is 10.2. The maximum atomic E-state index is 11.4. The number of rotatable bonds is 3. The fourth-order valence-corrected chi connectivity index (χ4v) is 3.29. The van der Waals surface area contributed by atoms with Gasteiger partial charge in [0.2, 0.25) is 5.56 Å². The first-order valence-corrected chi connectivity index (χ1v) is 8.46. The second-order valence-electron chi connectivity index (χ2n) is 5.69. The molecule has 4 rings (SSSR count). The van der Waals surface area contributed by atoms with E-state index < -0.39 is 0 Å². The third-order valence-electron chi connectivity index (χ3n) is 4.04. The minimum Gasteiger partial charge on any atom is -0.328 e. The number of nitrogens with zero attached hydrogens (tertiary/aromatic N) is 2. The van der Waals surface area contributed by atoms with E-state index in [4.69, 9.17) is 28.2 Å². The number of imidazole rings is 1. The highest BCUT2D eigenvalue weighted by atomic mass is 35.5. The number of hydrogen-bond acceptors (Lipinski definition) is 2. The fraction of sp³-hybridized carbons (Fsp3) is 0.0526. The molecule has 0 fully saturated rings. The molecule has 0 aliphatic heterocycles. The molecule has 2 aromatic heterocycles. The van der Waals surface area contributed by atoms with Gasteiger partial charge in [0, 0.05) is 27.9 Å². The van der Waals surface area contributed by atoms with Gasteiger partial charge in [-0.3, -0.25) is 4.79 Å². The highest BCUT2D eigenvalue weighted by Gasteiger charge is 2.14. The van der Waals surface area contributed by atoms with Crippen LogP contribution in [0.25, 0.3) is 22.4 Å². The van der Waals surface area contributed by atoms with Crippen molar-refractivity contribution in [3.8, 4) is 11.4 Å². The number of para-hydroxylation sites is 2. The molecule has 4 nitrogen and oxygen atoms in total. The number of H-pyrrole nitrogens is 1. The number of hydrogen-bond donors (Lipinski definition) is 1. The number of halogens is 2. The monoisotopic (exact) mass is 369 g/mol. The Bertz CT molecular complexity index is 1110. The molecule has 2 heterocycles. The molecule has 0 aliphatic rings. The summed E-state index contributed by atoms with van der Waals surface area (Å²) in [6, 6.07) is 16.6. The first kappa shape index (κ1) is 15.9. The van der Waals surface area contributed by atoms with Crippen molar-refractivity contribution < 1.29 is 0 Å². The first-order valence-electron chi connectivity index (χ1n) is 7.70. The van der Waals surface area contributed by atoms with Gasteiger partial charge in [-0.05, 0) is 35.9 Å². The number of benzene rings is 2. The van der Waals surface area contributed by atoms with Crippen molar-refractivity contribution in [3.05, 3.63) is 86.8 Å². The number of fused-ring (bicyclic) bond motifs is 1. The zero-order valence-electron chi connectivity index (χ0n) is 13.0. The van der Waals surface area contributed by atoms with Crippen molar-refractivity contribution in [2.24, 2.45) is 0 Å². The van der Waals surface area contributed by atoms with Crippen molar-refractivity contribution in [3.63, 3.8) is 0 Å². The number of aromatic nitrogens is 3. The normalized spacial score (nSPS) is 11.1. The van der Waals surface area contributed by atoms with Gasteiger partial charge >= 0.3 is 0 Å². The average molecular weight is 370 g/mol. The fourth-order valence-electron chi connectivity index (χ4n) is 2.83. The molecule has 2 aromatic carbocycles. The van der Waals surface area contributed by atoms with E-state index in [1.54, 1.807) is 18.3 Å². The third-order valence-corrected chi connectivity index (χ3v) is 4.63. The summed E-state index contributed by atoms with van der Waals surface area (Å²) in [6.07, 6.45) is 1.67. The van der Waals surface area contributed by atoms with Crippen molar-refractivity contribution in [1.82, 2.24) is 14.5 Å². The molecule has 0 saturated carbocycles. The van der Waals surface area contributed by atoms with Crippen molar-refractivity contribution in [2.75, 3.05) is 0 Å². The molecular formula is C19H13Cl2N3O. The molecule has 0 radical (unpaired) electrons. The molecule has 6 heteroatoms. The third kappa shape index (κ3) is 3.06. The Labute approximate surface area is 153 Å². The highest BCUT2D eigenvalue weighted by Crippen LogP contribution is 2.28. The van der Waals surface area contributed by atoms with Gasteiger partial charge in [0.25, 0.3) is 0 Å². The standard InChI is InChI=1S/C19H13Cl2N3O/c20-14-7-5-13(15(21)9-14)11-24-17-4-2-1-3-16(17)23-19(24)12-6-8-18(25)22-10-12/h1-10H,11H2,(H,22,25). The molecule has 0 bridgehead atoms. The molecule has 4 aromatic rings. The molecule has 0 atom stereocenters. The molecule has 0 saturated heterocycles. The molecule has 0 amide bonds. The number of aromatic amines is 1. The van der Waals surface area contributed by atoms with E-state index in [-0.39, 0.29) is 5.56 Å².